The van der Waals surface area contributed by atoms with Gasteiger partial charge < -0.3 is 14.9 Å². The molecule has 0 aliphatic rings. The Hall–Kier alpha value is -0.120. The Morgan fingerprint density at radius 3 is 1.62 bits per heavy atom. The van der Waals surface area contributed by atoms with Gasteiger partial charge in [-0.05, 0) is 13.8 Å². The number of hydrogen-bond acceptors (Lipinski definition) is 2. The van der Waals surface area contributed by atoms with E-state index in [-0.39, 0.29) is 5.48 Å². The standard InChI is InChI=1S/C5H12O2.H2O/c1-3-6-5-7-4-2;/h3-5H2,1-2H3;1H2. The van der Waals surface area contributed by atoms with E-state index in [1.54, 1.807) is 0 Å². The SMILES string of the molecule is CCOCOCC.O. The third-order valence-electron chi connectivity index (χ3n) is 0.575. The van der Waals surface area contributed by atoms with Crippen LogP contribution < -0.4 is 0 Å². The minimum absolute atomic E-state index is 0. The molecular weight excluding hydrogens is 108 g/mol. The van der Waals surface area contributed by atoms with Crippen LogP contribution in [0.2, 0.25) is 0 Å². The van der Waals surface area contributed by atoms with Gasteiger partial charge in [0.15, 0.2) is 0 Å². The summed E-state index contributed by atoms with van der Waals surface area (Å²) in [4.78, 5) is 0. The number of rotatable bonds is 4. The van der Waals surface area contributed by atoms with Gasteiger partial charge in [-0.15, -0.1) is 0 Å². The van der Waals surface area contributed by atoms with E-state index in [2.05, 4.69) is 0 Å². The van der Waals surface area contributed by atoms with Crippen molar-refractivity contribution in [2.75, 3.05) is 20.0 Å². The zero-order chi connectivity index (χ0) is 5.54. The normalized spacial score (nSPS) is 8.25. The molecule has 0 aliphatic carbocycles. The van der Waals surface area contributed by atoms with Crippen molar-refractivity contribution in [2.45, 2.75) is 13.8 Å². The summed E-state index contributed by atoms with van der Waals surface area (Å²) in [7, 11) is 0. The molecule has 3 heteroatoms. The summed E-state index contributed by atoms with van der Waals surface area (Å²) in [6.45, 7) is 5.80. The van der Waals surface area contributed by atoms with Gasteiger partial charge in [0, 0.05) is 13.2 Å². The summed E-state index contributed by atoms with van der Waals surface area (Å²) in [5, 5.41) is 0. The Bertz CT molecular complexity index is 26.9. The number of ether oxygens (including phenoxy) is 2. The van der Waals surface area contributed by atoms with E-state index in [4.69, 9.17) is 9.47 Å². The average Bonchev–Trinajstić information content (AvgIpc) is 1.69. The third-order valence-corrected chi connectivity index (χ3v) is 0.575. The zero-order valence-electron chi connectivity index (χ0n) is 5.44. The highest BCUT2D eigenvalue weighted by molar-refractivity contribution is 4.08. The fourth-order valence-corrected chi connectivity index (χ4v) is 0.226. The van der Waals surface area contributed by atoms with Crippen LogP contribution in [-0.4, -0.2) is 25.5 Å². The Balaban J connectivity index is 0. The van der Waals surface area contributed by atoms with Gasteiger partial charge in [0.2, 0.25) is 0 Å². The van der Waals surface area contributed by atoms with Crippen LogP contribution >= 0.6 is 0 Å². The summed E-state index contributed by atoms with van der Waals surface area (Å²) in [5.41, 5.74) is 0. The predicted molar refractivity (Wildman–Crippen MR) is 31.7 cm³/mol. The second-order valence-electron chi connectivity index (χ2n) is 1.10. The van der Waals surface area contributed by atoms with Gasteiger partial charge in [-0.1, -0.05) is 0 Å². The molecule has 0 amide bonds. The fraction of sp³-hybridized carbons (Fsp3) is 1.00. The van der Waals surface area contributed by atoms with E-state index < -0.39 is 0 Å². The molecule has 0 unspecified atom stereocenters. The highest BCUT2D eigenvalue weighted by Crippen LogP contribution is 1.74. The maximum absolute atomic E-state index is 4.85. The zero-order valence-corrected chi connectivity index (χ0v) is 5.44. The molecule has 52 valence electrons. The predicted octanol–water partition coefficient (Wildman–Crippen LogP) is 0.192. The summed E-state index contributed by atoms with van der Waals surface area (Å²) in [5.74, 6) is 0. The quantitative estimate of drug-likeness (QED) is 0.395. The van der Waals surface area contributed by atoms with Gasteiger partial charge in [0.05, 0.1) is 0 Å². The Morgan fingerprint density at radius 2 is 1.38 bits per heavy atom. The summed E-state index contributed by atoms with van der Waals surface area (Å²) < 4.78 is 9.70. The first-order chi connectivity index (χ1) is 3.41. The van der Waals surface area contributed by atoms with Crippen LogP contribution in [0.5, 0.6) is 0 Å². The summed E-state index contributed by atoms with van der Waals surface area (Å²) in [6, 6.07) is 0. The molecule has 0 aromatic rings. The van der Waals surface area contributed by atoms with E-state index >= 15 is 0 Å². The van der Waals surface area contributed by atoms with E-state index in [0.29, 0.717) is 6.79 Å². The second-order valence-corrected chi connectivity index (χ2v) is 1.10. The first-order valence-electron chi connectivity index (χ1n) is 2.57. The molecule has 0 fully saturated rings. The van der Waals surface area contributed by atoms with Crippen LogP contribution in [0.15, 0.2) is 0 Å². The van der Waals surface area contributed by atoms with E-state index in [9.17, 15) is 0 Å². The largest absolute Gasteiger partial charge is 0.412 e. The molecule has 0 saturated carbocycles. The van der Waals surface area contributed by atoms with E-state index in [0.717, 1.165) is 13.2 Å². The van der Waals surface area contributed by atoms with Crippen LogP contribution in [0.25, 0.3) is 0 Å². The molecule has 0 bridgehead atoms. The first-order valence-corrected chi connectivity index (χ1v) is 2.57. The topological polar surface area (TPSA) is 50.0 Å². The molecule has 0 rings (SSSR count). The monoisotopic (exact) mass is 122 g/mol. The summed E-state index contributed by atoms with van der Waals surface area (Å²) in [6.07, 6.45) is 0. The molecule has 0 spiro atoms. The maximum atomic E-state index is 4.85. The highest BCUT2D eigenvalue weighted by Gasteiger charge is 1.76. The van der Waals surface area contributed by atoms with Gasteiger partial charge in [-0.25, -0.2) is 0 Å². The van der Waals surface area contributed by atoms with Crippen LogP contribution in [0, 0.1) is 0 Å². The Morgan fingerprint density at radius 1 is 1.00 bits per heavy atom. The second kappa shape index (κ2) is 9.99. The molecule has 8 heavy (non-hydrogen) atoms. The molecule has 3 nitrogen and oxygen atoms in total. The van der Waals surface area contributed by atoms with Gasteiger partial charge >= 0.3 is 0 Å². The molecule has 0 heterocycles. The smallest absolute Gasteiger partial charge is 0.146 e. The van der Waals surface area contributed by atoms with Gasteiger partial charge in [0.25, 0.3) is 0 Å². The molecular formula is C5H14O3. The van der Waals surface area contributed by atoms with E-state index in [1.165, 1.54) is 0 Å². The molecule has 0 saturated heterocycles. The maximum Gasteiger partial charge on any atom is 0.146 e. The minimum atomic E-state index is 0. The lowest BCUT2D eigenvalue weighted by Gasteiger charge is -1.97. The summed E-state index contributed by atoms with van der Waals surface area (Å²) >= 11 is 0. The van der Waals surface area contributed by atoms with Crippen LogP contribution in [0.3, 0.4) is 0 Å². The molecule has 0 aromatic carbocycles. The fourth-order valence-electron chi connectivity index (χ4n) is 0.226. The molecule has 0 radical (unpaired) electrons. The van der Waals surface area contributed by atoms with Crippen molar-refractivity contribution in [3.63, 3.8) is 0 Å². The first kappa shape index (κ1) is 10.8. The third kappa shape index (κ3) is 9.30. The van der Waals surface area contributed by atoms with Crippen LogP contribution in [0.1, 0.15) is 13.8 Å². The van der Waals surface area contributed by atoms with Gasteiger partial charge in [-0.3, -0.25) is 0 Å². The van der Waals surface area contributed by atoms with Gasteiger partial charge in [-0.2, -0.15) is 0 Å². The lowest BCUT2D eigenvalue weighted by atomic mass is 10.9. The van der Waals surface area contributed by atoms with Gasteiger partial charge in [0.1, 0.15) is 6.79 Å². The molecule has 0 aromatic heterocycles. The van der Waals surface area contributed by atoms with Crippen molar-refractivity contribution in [3.8, 4) is 0 Å². The molecule has 2 N–H and O–H groups in total. The van der Waals surface area contributed by atoms with Crippen molar-refractivity contribution < 1.29 is 14.9 Å². The van der Waals surface area contributed by atoms with Crippen molar-refractivity contribution in [2.24, 2.45) is 0 Å². The Kier molecular flexibility index (Phi) is 13.5. The number of hydrogen-bond donors (Lipinski definition) is 0. The van der Waals surface area contributed by atoms with Crippen molar-refractivity contribution >= 4 is 0 Å². The van der Waals surface area contributed by atoms with Crippen molar-refractivity contribution in [3.05, 3.63) is 0 Å². The lowest BCUT2D eigenvalue weighted by molar-refractivity contribution is -0.0445. The minimum Gasteiger partial charge on any atom is -0.412 e. The Labute approximate surface area is 49.9 Å². The molecule has 0 aliphatic heterocycles. The lowest BCUT2D eigenvalue weighted by Crippen LogP contribution is -1.97. The van der Waals surface area contributed by atoms with Crippen LogP contribution in [0.4, 0.5) is 0 Å². The molecule has 0 atom stereocenters. The van der Waals surface area contributed by atoms with Crippen molar-refractivity contribution in [1.82, 2.24) is 0 Å². The van der Waals surface area contributed by atoms with Crippen LogP contribution in [-0.2, 0) is 9.47 Å². The van der Waals surface area contributed by atoms with E-state index in [1.807, 2.05) is 13.8 Å². The highest BCUT2D eigenvalue weighted by atomic mass is 16.7. The average molecular weight is 122 g/mol. The van der Waals surface area contributed by atoms with Crippen molar-refractivity contribution in [1.29, 1.82) is 0 Å².